The van der Waals surface area contributed by atoms with E-state index in [0.29, 0.717) is 0 Å². The molecule has 0 bridgehead atoms. The van der Waals surface area contributed by atoms with Gasteiger partial charge in [-0.3, -0.25) is 4.98 Å². The summed E-state index contributed by atoms with van der Waals surface area (Å²) in [4.78, 5) is 5.63. The molecule has 7 heteroatoms. The Labute approximate surface area is 88.7 Å². The lowest BCUT2D eigenvalue weighted by Crippen LogP contribution is -2.07. The highest BCUT2D eigenvalue weighted by Gasteiger charge is 2.32. The molecule has 0 unspecified atom stereocenters. The van der Waals surface area contributed by atoms with Crippen molar-refractivity contribution in [2.45, 2.75) is 6.18 Å². The smallest absolute Gasteiger partial charge is 0.252 e. The van der Waals surface area contributed by atoms with E-state index >= 15 is 0 Å². The van der Waals surface area contributed by atoms with Crippen molar-refractivity contribution in [3.8, 4) is 11.8 Å². The fraction of sp³-hybridized carbons (Fsp3) is 0.222. The second-order valence-corrected chi connectivity index (χ2v) is 2.62. The molecular weight excluding hydrogens is 221 g/mol. The van der Waals surface area contributed by atoms with Crippen molar-refractivity contribution in [1.82, 2.24) is 4.98 Å². The zero-order valence-electron chi connectivity index (χ0n) is 7.86. The fourth-order valence-corrected chi connectivity index (χ4v) is 0.872. The summed E-state index contributed by atoms with van der Waals surface area (Å²) in [6, 6.07) is 2.18. The number of alkyl halides is 3. The van der Waals surface area contributed by atoms with Crippen molar-refractivity contribution in [3.63, 3.8) is 0 Å². The molecule has 0 atom stereocenters. The number of nitrogens with zero attached hydrogens (tertiary/aromatic N) is 4. The highest BCUT2D eigenvalue weighted by molar-refractivity contribution is 5.35. The van der Waals surface area contributed by atoms with Gasteiger partial charge in [-0.15, -0.1) is 0 Å². The van der Waals surface area contributed by atoms with Crippen LogP contribution in [0.5, 0.6) is 0 Å². The fourth-order valence-electron chi connectivity index (χ4n) is 0.872. The van der Waals surface area contributed by atoms with Gasteiger partial charge in [-0.2, -0.15) is 13.2 Å². The number of halogens is 3. The van der Waals surface area contributed by atoms with Gasteiger partial charge in [0.05, 0.1) is 6.54 Å². The zero-order chi connectivity index (χ0) is 12.0. The van der Waals surface area contributed by atoms with Crippen molar-refractivity contribution in [3.05, 3.63) is 40.0 Å². The van der Waals surface area contributed by atoms with Crippen LogP contribution >= 0.6 is 0 Å². The van der Waals surface area contributed by atoms with Gasteiger partial charge in [-0.05, 0) is 17.7 Å². The molecule has 0 saturated heterocycles. The first kappa shape index (κ1) is 11.9. The van der Waals surface area contributed by atoms with E-state index in [1.54, 1.807) is 0 Å². The normalized spacial score (nSPS) is 9.94. The lowest BCUT2D eigenvalue weighted by molar-refractivity contribution is -0.141. The second-order valence-electron chi connectivity index (χ2n) is 2.62. The van der Waals surface area contributed by atoms with Gasteiger partial charge in [0.25, 0.3) is 0 Å². The predicted molar refractivity (Wildman–Crippen MR) is 50.1 cm³/mol. The van der Waals surface area contributed by atoms with E-state index in [9.17, 15) is 13.2 Å². The van der Waals surface area contributed by atoms with Crippen LogP contribution < -0.4 is 0 Å². The Kier molecular flexibility index (Phi) is 3.75. The monoisotopic (exact) mass is 226 g/mol. The number of pyridine rings is 1. The maximum Gasteiger partial charge on any atom is 0.433 e. The Morgan fingerprint density at radius 1 is 1.50 bits per heavy atom. The first-order valence-corrected chi connectivity index (χ1v) is 4.07. The summed E-state index contributed by atoms with van der Waals surface area (Å²) in [5.74, 6) is 4.85. The molecule has 4 nitrogen and oxygen atoms in total. The molecule has 0 amide bonds. The van der Waals surface area contributed by atoms with Gasteiger partial charge in [0.1, 0.15) is 5.69 Å². The molecule has 1 aromatic rings. The highest BCUT2D eigenvalue weighted by Crippen LogP contribution is 2.27. The van der Waals surface area contributed by atoms with E-state index in [1.807, 2.05) is 0 Å². The van der Waals surface area contributed by atoms with Gasteiger partial charge in [-0.1, -0.05) is 17.0 Å². The van der Waals surface area contributed by atoms with Crippen molar-refractivity contribution >= 4 is 0 Å². The molecule has 0 saturated carbocycles. The molecule has 1 rings (SSSR count). The van der Waals surface area contributed by atoms with Crippen LogP contribution in [0.1, 0.15) is 11.3 Å². The Bertz CT molecular complexity index is 478. The Hall–Kier alpha value is -2.19. The Balaban J connectivity index is 2.89. The third kappa shape index (κ3) is 3.52. The van der Waals surface area contributed by atoms with E-state index in [-0.39, 0.29) is 12.1 Å². The minimum Gasteiger partial charge on any atom is -0.252 e. The first-order chi connectivity index (χ1) is 7.54. The summed E-state index contributed by atoms with van der Waals surface area (Å²) >= 11 is 0. The van der Waals surface area contributed by atoms with Crippen molar-refractivity contribution in [1.29, 1.82) is 0 Å². The van der Waals surface area contributed by atoms with Gasteiger partial charge < -0.3 is 0 Å². The lowest BCUT2D eigenvalue weighted by Gasteiger charge is -2.04. The molecule has 1 heterocycles. The molecule has 0 aliphatic heterocycles. The van der Waals surface area contributed by atoms with Crippen LogP contribution in [-0.2, 0) is 6.18 Å². The average Bonchev–Trinajstić information content (AvgIpc) is 2.24. The van der Waals surface area contributed by atoms with Crippen LogP contribution in [0, 0.1) is 11.8 Å². The number of azide groups is 1. The second kappa shape index (κ2) is 5.05. The summed E-state index contributed by atoms with van der Waals surface area (Å²) < 4.78 is 36.7. The number of hydrogen-bond acceptors (Lipinski definition) is 2. The van der Waals surface area contributed by atoms with E-state index < -0.39 is 11.9 Å². The van der Waals surface area contributed by atoms with Crippen LogP contribution in [0.25, 0.3) is 10.4 Å². The molecule has 0 N–H and O–H groups in total. The summed E-state index contributed by atoms with van der Waals surface area (Å²) in [6.45, 7) is -0.0832. The SMILES string of the molecule is [N-]=[N+]=NCC#Cc1ccnc(C(F)(F)F)c1. The largest absolute Gasteiger partial charge is 0.433 e. The van der Waals surface area contributed by atoms with Gasteiger partial charge in [0, 0.05) is 16.7 Å². The average molecular weight is 226 g/mol. The van der Waals surface area contributed by atoms with E-state index in [2.05, 4.69) is 26.9 Å². The van der Waals surface area contributed by atoms with Crippen LogP contribution in [0.15, 0.2) is 23.4 Å². The van der Waals surface area contributed by atoms with Gasteiger partial charge in [0.2, 0.25) is 0 Å². The molecule has 0 aliphatic rings. The lowest BCUT2D eigenvalue weighted by atomic mass is 10.2. The summed E-state index contributed by atoms with van der Waals surface area (Å²) in [5, 5.41) is 3.13. The highest BCUT2D eigenvalue weighted by atomic mass is 19.4. The molecular formula is C9H5F3N4. The van der Waals surface area contributed by atoms with Crippen LogP contribution in [0.4, 0.5) is 13.2 Å². The topological polar surface area (TPSA) is 61.7 Å². The van der Waals surface area contributed by atoms with E-state index in [0.717, 1.165) is 12.3 Å². The summed E-state index contributed by atoms with van der Waals surface area (Å²) in [5.41, 5.74) is 7.13. The van der Waals surface area contributed by atoms with Crippen LogP contribution in [0.3, 0.4) is 0 Å². The van der Waals surface area contributed by atoms with Crippen molar-refractivity contribution in [2.75, 3.05) is 6.54 Å². The van der Waals surface area contributed by atoms with Gasteiger partial charge >= 0.3 is 6.18 Å². The number of aromatic nitrogens is 1. The number of rotatable bonds is 1. The van der Waals surface area contributed by atoms with E-state index in [1.165, 1.54) is 6.07 Å². The standard InChI is InChI=1S/C9H5F3N4/c10-9(11,12)8-6-7(3-5-14-8)2-1-4-15-16-13/h3,5-6H,4H2. The van der Waals surface area contributed by atoms with Crippen molar-refractivity contribution < 1.29 is 13.2 Å². The molecule has 0 aliphatic carbocycles. The maximum absolute atomic E-state index is 12.2. The third-order valence-corrected chi connectivity index (χ3v) is 1.50. The minimum absolute atomic E-state index is 0.0832. The Morgan fingerprint density at radius 3 is 2.88 bits per heavy atom. The summed E-state index contributed by atoms with van der Waals surface area (Å²) in [6.07, 6.45) is -3.46. The van der Waals surface area contributed by atoms with Gasteiger partial charge in [0.15, 0.2) is 0 Å². The molecule has 0 aromatic carbocycles. The molecule has 0 radical (unpaired) electrons. The first-order valence-electron chi connectivity index (χ1n) is 4.07. The predicted octanol–water partition coefficient (Wildman–Crippen LogP) is 2.76. The molecule has 82 valence electrons. The van der Waals surface area contributed by atoms with Gasteiger partial charge in [-0.25, -0.2) is 0 Å². The molecule has 16 heavy (non-hydrogen) atoms. The number of hydrogen-bond donors (Lipinski definition) is 0. The quantitative estimate of drug-likeness (QED) is 0.314. The van der Waals surface area contributed by atoms with Crippen LogP contribution in [0.2, 0.25) is 0 Å². The maximum atomic E-state index is 12.2. The Morgan fingerprint density at radius 2 is 2.25 bits per heavy atom. The third-order valence-electron chi connectivity index (χ3n) is 1.50. The zero-order valence-corrected chi connectivity index (χ0v) is 7.86. The minimum atomic E-state index is -4.48. The van der Waals surface area contributed by atoms with Crippen molar-refractivity contribution in [2.24, 2.45) is 5.11 Å². The molecule has 0 spiro atoms. The van der Waals surface area contributed by atoms with Crippen LogP contribution in [-0.4, -0.2) is 11.5 Å². The summed E-state index contributed by atoms with van der Waals surface area (Å²) in [7, 11) is 0. The molecule has 1 aromatic heterocycles. The van der Waals surface area contributed by atoms with E-state index in [4.69, 9.17) is 5.53 Å². The molecule has 0 fully saturated rings.